The second-order valence-electron chi connectivity index (χ2n) is 6.33. The molecule has 2 rings (SSSR count). The molecule has 1 aromatic rings. The number of nitrogens with zero attached hydrogens (tertiary/aromatic N) is 1. The molecule has 0 radical (unpaired) electrons. The third-order valence-corrected chi connectivity index (χ3v) is 4.35. The van der Waals surface area contributed by atoms with Gasteiger partial charge >= 0.3 is 5.97 Å². The van der Waals surface area contributed by atoms with Gasteiger partial charge < -0.3 is 15.3 Å². The van der Waals surface area contributed by atoms with E-state index in [9.17, 15) is 9.18 Å². The van der Waals surface area contributed by atoms with Crippen molar-refractivity contribution < 1.29 is 14.3 Å². The monoisotopic (exact) mass is 294 g/mol. The fourth-order valence-electron chi connectivity index (χ4n) is 2.68. The Bertz CT molecular complexity index is 511. The van der Waals surface area contributed by atoms with Gasteiger partial charge in [-0.2, -0.15) is 0 Å². The number of hydrogen-bond donors (Lipinski definition) is 2. The Morgan fingerprint density at radius 3 is 2.71 bits per heavy atom. The van der Waals surface area contributed by atoms with Crippen LogP contribution in [0.2, 0.25) is 0 Å². The normalized spacial score (nSPS) is 18.6. The van der Waals surface area contributed by atoms with Gasteiger partial charge in [0.15, 0.2) is 0 Å². The Balaban J connectivity index is 1.91. The first-order valence-corrected chi connectivity index (χ1v) is 7.31. The molecular weight excluding hydrogens is 271 g/mol. The minimum atomic E-state index is -1.03. The average molecular weight is 294 g/mol. The molecular formula is C16H23FN2O2. The van der Waals surface area contributed by atoms with Gasteiger partial charge in [-0.15, -0.1) is 0 Å². The smallest absolute Gasteiger partial charge is 0.335 e. The first-order chi connectivity index (χ1) is 9.89. The number of halogens is 1. The van der Waals surface area contributed by atoms with E-state index in [2.05, 4.69) is 24.2 Å². The summed E-state index contributed by atoms with van der Waals surface area (Å²) < 4.78 is 13.7. The van der Waals surface area contributed by atoms with E-state index in [0.717, 1.165) is 32.5 Å². The maximum atomic E-state index is 13.7. The highest BCUT2D eigenvalue weighted by atomic mass is 19.1. The standard InChI is InChI=1S/C16H23FN2O2/c1-16(5-7-19(2)8-6-16)11-18-10-13-9-12(15(20)21)3-4-14(13)17/h3-4,9,18H,5-8,10-11H2,1-2H3,(H,20,21). The lowest BCUT2D eigenvalue weighted by Crippen LogP contribution is -2.41. The van der Waals surface area contributed by atoms with Crippen LogP contribution in [0.4, 0.5) is 4.39 Å². The van der Waals surface area contributed by atoms with E-state index in [-0.39, 0.29) is 16.8 Å². The Morgan fingerprint density at radius 2 is 2.10 bits per heavy atom. The molecule has 2 N–H and O–H groups in total. The molecule has 1 aliphatic heterocycles. The van der Waals surface area contributed by atoms with Crippen LogP contribution in [-0.2, 0) is 6.54 Å². The van der Waals surface area contributed by atoms with Crippen LogP contribution in [0, 0.1) is 11.2 Å². The van der Waals surface area contributed by atoms with Crippen molar-refractivity contribution in [3.63, 3.8) is 0 Å². The zero-order valence-electron chi connectivity index (χ0n) is 12.7. The van der Waals surface area contributed by atoms with E-state index in [4.69, 9.17) is 5.11 Å². The predicted octanol–water partition coefficient (Wildman–Crippen LogP) is 2.35. The number of likely N-dealkylation sites (tertiary alicyclic amines) is 1. The van der Waals surface area contributed by atoms with Crippen LogP contribution < -0.4 is 5.32 Å². The van der Waals surface area contributed by atoms with Crippen molar-refractivity contribution in [2.24, 2.45) is 5.41 Å². The van der Waals surface area contributed by atoms with Gasteiger partial charge in [-0.05, 0) is 56.6 Å². The van der Waals surface area contributed by atoms with Crippen molar-refractivity contribution in [1.29, 1.82) is 0 Å². The third kappa shape index (κ3) is 4.25. The van der Waals surface area contributed by atoms with E-state index < -0.39 is 5.97 Å². The lowest BCUT2D eigenvalue weighted by atomic mass is 9.80. The van der Waals surface area contributed by atoms with Gasteiger partial charge in [-0.25, -0.2) is 9.18 Å². The third-order valence-electron chi connectivity index (χ3n) is 4.35. The molecule has 0 unspecified atom stereocenters. The summed E-state index contributed by atoms with van der Waals surface area (Å²) in [7, 11) is 2.12. The molecule has 1 heterocycles. The van der Waals surface area contributed by atoms with Crippen molar-refractivity contribution in [3.8, 4) is 0 Å². The minimum Gasteiger partial charge on any atom is -0.478 e. The molecule has 116 valence electrons. The van der Waals surface area contributed by atoms with Gasteiger partial charge in [0.25, 0.3) is 0 Å². The Morgan fingerprint density at radius 1 is 1.43 bits per heavy atom. The van der Waals surface area contributed by atoms with Crippen LogP contribution in [0.25, 0.3) is 0 Å². The summed E-state index contributed by atoms with van der Waals surface area (Å²) in [4.78, 5) is 13.2. The molecule has 0 aromatic heterocycles. The van der Waals surface area contributed by atoms with Crippen molar-refractivity contribution in [1.82, 2.24) is 10.2 Å². The van der Waals surface area contributed by atoms with E-state index in [0.29, 0.717) is 12.1 Å². The number of aromatic carboxylic acids is 1. The number of nitrogens with one attached hydrogen (secondary N) is 1. The lowest BCUT2D eigenvalue weighted by Gasteiger charge is -2.38. The van der Waals surface area contributed by atoms with Crippen LogP contribution in [0.1, 0.15) is 35.7 Å². The highest BCUT2D eigenvalue weighted by Crippen LogP contribution is 2.29. The second kappa shape index (κ2) is 6.54. The summed E-state index contributed by atoms with van der Waals surface area (Å²) in [6.07, 6.45) is 2.24. The molecule has 0 atom stereocenters. The van der Waals surface area contributed by atoms with Gasteiger partial charge in [0.05, 0.1) is 5.56 Å². The van der Waals surface area contributed by atoms with Gasteiger partial charge in [-0.3, -0.25) is 0 Å². The first-order valence-electron chi connectivity index (χ1n) is 7.31. The minimum absolute atomic E-state index is 0.124. The number of rotatable bonds is 5. The highest BCUT2D eigenvalue weighted by Gasteiger charge is 2.28. The largest absolute Gasteiger partial charge is 0.478 e. The number of hydrogen-bond acceptors (Lipinski definition) is 3. The maximum Gasteiger partial charge on any atom is 0.335 e. The Labute approximate surface area is 125 Å². The summed E-state index contributed by atoms with van der Waals surface area (Å²) in [6.45, 7) is 5.59. The van der Waals surface area contributed by atoms with E-state index in [1.165, 1.54) is 18.2 Å². The summed E-state index contributed by atoms with van der Waals surface area (Å²) in [5.74, 6) is -1.39. The fraction of sp³-hybridized carbons (Fsp3) is 0.562. The van der Waals surface area contributed by atoms with Crippen LogP contribution in [0.5, 0.6) is 0 Å². The first kappa shape index (κ1) is 15.9. The number of carboxylic acid groups (broad SMARTS) is 1. The van der Waals surface area contributed by atoms with E-state index in [1.54, 1.807) is 0 Å². The summed E-state index contributed by atoms with van der Waals surface area (Å²) in [6, 6.07) is 3.92. The van der Waals surface area contributed by atoms with Gasteiger partial charge in [0, 0.05) is 18.7 Å². The Hall–Kier alpha value is -1.46. The number of piperidine rings is 1. The molecule has 1 fully saturated rings. The molecule has 1 aromatic carbocycles. The van der Waals surface area contributed by atoms with Gasteiger partial charge in [0.2, 0.25) is 0 Å². The molecule has 0 spiro atoms. The number of benzene rings is 1. The zero-order chi connectivity index (χ0) is 15.5. The van der Waals surface area contributed by atoms with Crippen LogP contribution in [0.3, 0.4) is 0 Å². The topological polar surface area (TPSA) is 52.6 Å². The molecule has 0 amide bonds. The molecule has 0 saturated carbocycles. The van der Waals surface area contributed by atoms with Crippen LogP contribution in [0.15, 0.2) is 18.2 Å². The van der Waals surface area contributed by atoms with Crippen molar-refractivity contribution in [2.45, 2.75) is 26.3 Å². The molecule has 0 aliphatic carbocycles. The lowest BCUT2D eigenvalue weighted by molar-refractivity contribution is 0.0696. The molecule has 4 nitrogen and oxygen atoms in total. The second-order valence-corrected chi connectivity index (χ2v) is 6.33. The Kier molecular flexibility index (Phi) is 4.96. The van der Waals surface area contributed by atoms with Crippen LogP contribution in [-0.4, -0.2) is 42.7 Å². The zero-order valence-corrected chi connectivity index (χ0v) is 12.7. The summed E-state index contributed by atoms with van der Waals surface area (Å²) in [5, 5.41) is 12.2. The fourth-order valence-corrected chi connectivity index (χ4v) is 2.68. The highest BCUT2D eigenvalue weighted by molar-refractivity contribution is 5.87. The van der Waals surface area contributed by atoms with Crippen molar-refractivity contribution >= 4 is 5.97 Å². The van der Waals surface area contributed by atoms with Crippen molar-refractivity contribution in [3.05, 3.63) is 35.1 Å². The summed E-state index contributed by atoms with van der Waals surface area (Å²) >= 11 is 0. The van der Waals surface area contributed by atoms with E-state index >= 15 is 0 Å². The number of carbonyl (C=O) groups is 1. The average Bonchev–Trinajstić information content (AvgIpc) is 2.44. The van der Waals surface area contributed by atoms with Crippen LogP contribution >= 0.6 is 0 Å². The van der Waals surface area contributed by atoms with Gasteiger partial charge in [0.1, 0.15) is 5.82 Å². The molecule has 1 saturated heterocycles. The molecule has 5 heteroatoms. The van der Waals surface area contributed by atoms with Gasteiger partial charge in [-0.1, -0.05) is 6.92 Å². The summed E-state index contributed by atoms with van der Waals surface area (Å²) in [5.41, 5.74) is 0.762. The SMILES string of the molecule is CN1CCC(C)(CNCc2cc(C(=O)O)ccc2F)CC1. The molecule has 21 heavy (non-hydrogen) atoms. The maximum absolute atomic E-state index is 13.7. The molecule has 0 bridgehead atoms. The predicted molar refractivity (Wildman–Crippen MR) is 79.9 cm³/mol. The number of carboxylic acids is 1. The quantitative estimate of drug-likeness (QED) is 0.875. The molecule has 1 aliphatic rings. The van der Waals surface area contributed by atoms with Crippen molar-refractivity contribution in [2.75, 3.05) is 26.7 Å². The van der Waals surface area contributed by atoms with E-state index in [1.807, 2.05) is 0 Å².